The zero-order valence-electron chi connectivity index (χ0n) is 8.34. The summed E-state index contributed by atoms with van der Waals surface area (Å²) >= 11 is 0. The van der Waals surface area contributed by atoms with E-state index in [0.717, 1.165) is 11.1 Å². The molecule has 0 spiro atoms. The third kappa shape index (κ3) is 1.45. The monoisotopic (exact) mass is 218 g/mol. The van der Waals surface area contributed by atoms with Crippen LogP contribution >= 0.6 is 0 Å². The molecule has 1 aliphatic heterocycles. The minimum Gasteiger partial charge on any atom is -0.457 e. The van der Waals surface area contributed by atoms with Gasteiger partial charge in [0, 0.05) is 17.5 Å². The van der Waals surface area contributed by atoms with Gasteiger partial charge in [-0.25, -0.2) is 8.78 Å². The SMILES string of the molecule is Fc1ccc2c(c1)Cc1cc(F)ccc1O2. The maximum Gasteiger partial charge on any atom is 0.131 e. The summed E-state index contributed by atoms with van der Waals surface area (Å²) in [7, 11) is 0. The zero-order valence-corrected chi connectivity index (χ0v) is 8.34. The lowest BCUT2D eigenvalue weighted by Crippen LogP contribution is -2.03. The van der Waals surface area contributed by atoms with Crippen LogP contribution in [0.2, 0.25) is 0 Å². The first-order valence-corrected chi connectivity index (χ1v) is 4.97. The van der Waals surface area contributed by atoms with Crippen LogP contribution < -0.4 is 4.74 Å². The molecule has 3 heteroatoms. The minimum absolute atomic E-state index is 0.304. The van der Waals surface area contributed by atoms with Gasteiger partial charge >= 0.3 is 0 Å². The van der Waals surface area contributed by atoms with E-state index in [2.05, 4.69) is 0 Å². The van der Waals surface area contributed by atoms with Crippen LogP contribution in [0.1, 0.15) is 11.1 Å². The molecule has 0 aromatic heterocycles. The molecule has 2 aromatic rings. The van der Waals surface area contributed by atoms with E-state index >= 15 is 0 Å². The van der Waals surface area contributed by atoms with Crippen LogP contribution in [0.3, 0.4) is 0 Å². The molecule has 1 aliphatic rings. The van der Waals surface area contributed by atoms with E-state index in [1.807, 2.05) is 0 Å². The van der Waals surface area contributed by atoms with Crippen molar-refractivity contribution in [2.24, 2.45) is 0 Å². The van der Waals surface area contributed by atoms with Gasteiger partial charge in [0.25, 0.3) is 0 Å². The Labute approximate surface area is 91.3 Å². The van der Waals surface area contributed by atoms with Crippen LogP contribution in [0.4, 0.5) is 8.78 Å². The Bertz CT molecular complexity index is 514. The fourth-order valence-corrected chi connectivity index (χ4v) is 1.90. The highest BCUT2D eigenvalue weighted by atomic mass is 19.1. The van der Waals surface area contributed by atoms with Gasteiger partial charge in [-0.2, -0.15) is 0 Å². The highest BCUT2D eigenvalue weighted by Gasteiger charge is 2.17. The summed E-state index contributed by atoms with van der Waals surface area (Å²) < 4.78 is 31.6. The molecule has 2 aromatic carbocycles. The number of hydrogen-bond acceptors (Lipinski definition) is 1. The largest absolute Gasteiger partial charge is 0.457 e. The third-order valence-corrected chi connectivity index (χ3v) is 2.65. The van der Waals surface area contributed by atoms with Gasteiger partial charge in [0.15, 0.2) is 0 Å². The molecule has 3 rings (SSSR count). The molecule has 1 nitrogen and oxygen atoms in total. The molecule has 0 saturated heterocycles. The Morgan fingerprint density at radius 1 is 0.812 bits per heavy atom. The van der Waals surface area contributed by atoms with Crippen molar-refractivity contribution in [2.75, 3.05) is 0 Å². The Balaban J connectivity index is 2.10. The minimum atomic E-state index is -0.304. The fraction of sp³-hybridized carbons (Fsp3) is 0.0769. The maximum absolute atomic E-state index is 13.0. The van der Waals surface area contributed by atoms with E-state index < -0.39 is 0 Å². The molecule has 0 atom stereocenters. The molecule has 16 heavy (non-hydrogen) atoms. The second kappa shape index (κ2) is 3.30. The molecule has 1 heterocycles. The summed E-state index contributed by atoms with van der Waals surface area (Å²) in [6.45, 7) is 0. The van der Waals surface area contributed by atoms with Gasteiger partial charge in [-0.15, -0.1) is 0 Å². The van der Waals surface area contributed by atoms with Crippen molar-refractivity contribution in [3.05, 3.63) is 59.2 Å². The molecule has 0 radical (unpaired) electrons. The maximum atomic E-state index is 13.0. The Morgan fingerprint density at radius 2 is 1.31 bits per heavy atom. The standard InChI is InChI=1S/C13H8F2O/c14-10-1-3-12-8(6-10)5-9-7-11(15)2-4-13(9)16-12/h1-4,6-7H,5H2. The average molecular weight is 218 g/mol. The van der Waals surface area contributed by atoms with Gasteiger partial charge in [0.1, 0.15) is 23.1 Å². The van der Waals surface area contributed by atoms with Crippen LogP contribution in [-0.4, -0.2) is 0 Å². The molecule has 0 N–H and O–H groups in total. The summed E-state index contributed by atoms with van der Waals surface area (Å²) in [4.78, 5) is 0. The zero-order chi connectivity index (χ0) is 11.1. The second-order valence-corrected chi connectivity index (χ2v) is 3.78. The number of rotatable bonds is 0. The smallest absolute Gasteiger partial charge is 0.131 e. The van der Waals surface area contributed by atoms with Gasteiger partial charge in [0.05, 0.1) is 0 Å². The number of hydrogen-bond donors (Lipinski definition) is 0. The number of ether oxygens (including phenoxy) is 1. The Kier molecular flexibility index (Phi) is 1.93. The highest BCUT2D eigenvalue weighted by Crippen LogP contribution is 2.36. The normalized spacial score (nSPS) is 12.6. The second-order valence-electron chi connectivity index (χ2n) is 3.78. The van der Waals surface area contributed by atoms with Gasteiger partial charge < -0.3 is 4.74 Å². The van der Waals surface area contributed by atoms with Gasteiger partial charge in [-0.3, -0.25) is 0 Å². The average Bonchev–Trinajstić information content (AvgIpc) is 2.26. The summed E-state index contributed by atoms with van der Waals surface area (Å²) in [5.74, 6) is 0.672. The first-order valence-electron chi connectivity index (χ1n) is 4.97. The lowest BCUT2D eigenvalue weighted by molar-refractivity contribution is 0.455. The summed E-state index contributed by atoms with van der Waals surface area (Å²) in [6, 6.07) is 8.74. The van der Waals surface area contributed by atoms with E-state index in [4.69, 9.17) is 4.74 Å². The van der Waals surface area contributed by atoms with Crippen LogP contribution in [0.25, 0.3) is 0 Å². The van der Waals surface area contributed by atoms with E-state index in [1.165, 1.54) is 24.3 Å². The third-order valence-electron chi connectivity index (χ3n) is 2.65. The Hall–Kier alpha value is -1.90. The highest BCUT2D eigenvalue weighted by molar-refractivity contribution is 5.49. The quantitative estimate of drug-likeness (QED) is 0.559. The molecule has 0 unspecified atom stereocenters. The van der Waals surface area contributed by atoms with Gasteiger partial charge in [-0.05, 0) is 36.4 Å². The Morgan fingerprint density at radius 3 is 1.81 bits per heavy atom. The van der Waals surface area contributed by atoms with Crippen LogP contribution in [0.5, 0.6) is 11.5 Å². The number of benzene rings is 2. The summed E-state index contributed by atoms with van der Waals surface area (Å²) in [6.07, 6.45) is 0.500. The van der Waals surface area contributed by atoms with Crippen LogP contribution in [-0.2, 0) is 6.42 Å². The van der Waals surface area contributed by atoms with E-state index in [-0.39, 0.29) is 11.6 Å². The predicted octanol–water partition coefficient (Wildman–Crippen LogP) is 3.66. The van der Waals surface area contributed by atoms with Crippen molar-refractivity contribution < 1.29 is 13.5 Å². The van der Waals surface area contributed by atoms with E-state index in [1.54, 1.807) is 12.1 Å². The van der Waals surface area contributed by atoms with Crippen molar-refractivity contribution in [3.8, 4) is 11.5 Å². The van der Waals surface area contributed by atoms with Crippen LogP contribution in [0, 0.1) is 11.6 Å². The fourth-order valence-electron chi connectivity index (χ4n) is 1.90. The van der Waals surface area contributed by atoms with Crippen molar-refractivity contribution in [3.63, 3.8) is 0 Å². The van der Waals surface area contributed by atoms with Crippen molar-refractivity contribution >= 4 is 0 Å². The number of halogens is 2. The lowest BCUT2D eigenvalue weighted by atomic mass is 10.0. The molecule has 0 aliphatic carbocycles. The molecule has 0 amide bonds. The molecule has 0 saturated carbocycles. The first-order chi connectivity index (χ1) is 7.72. The van der Waals surface area contributed by atoms with E-state index in [0.29, 0.717) is 17.9 Å². The van der Waals surface area contributed by atoms with Crippen molar-refractivity contribution in [2.45, 2.75) is 6.42 Å². The first kappa shape index (κ1) is 9.33. The van der Waals surface area contributed by atoms with Crippen molar-refractivity contribution in [1.82, 2.24) is 0 Å². The summed E-state index contributed by atoms with van der Waals surface area (Å²) in [5.41, 5.74) is 1.50. The van der Waals surface area contributed by atoms with Crippen molar-refractivity contribution in [1.29, 1.82) is 0 Å². The number of fused-ring (bicyclic) bond motifs is 2. The molecule has 0 fully saturated rings. The lowest BCUT2D eigenvalue weighted by Gasteiger charge is -2.19. The molecular formula is C13H8F2O. The topological polar surface area (TPSA) is 9.23 Å². The molecule has 0 bridgehead atoms. The van der Waals surface area contributed by atoms with Gasteiger partial charge in [0.2, 0.25) is 0 Å². The molecule has 80 valence electrons. The van der Waals surface area contributed by atoms with E-state index in [9.17, 15) is 8.78 Å². The van der Waals surface area contributed by atoms with Crippen LogP contribution in [0.15, 0.2) is 36.4 Å². The summed E-state index contributed by atoms with van der Waals surface area (Å²) in [5, 5.41) is 0. The molecular weight excluding hydrogens is 210 g/mol. The predicted molar refractivity (Wildman–Crippen MR) is 55.7 cm³/mol. The van der Waals surface area contributed by atoms with Gasteiger partial charge in [-0.1, -0.05) is 0 Å².